The molecule has 2 aromatic rings. The number of hydrogen-bond acceptors (Lipinski definition) is 7. The van der Waals surface area contributed by atoms with Crippen molar-refractivity contribution >= 4 is 38.2 Å². The highest BCUT2D eigenvalue weighted by Gasteiger charge is 2.32. The molecular formula is C22H28N4O5S2. The molecule has 4 rings (SSSR count). The van der Waals surface area contributed by atoms with Crippen molar-refractivity contribution in [1.29, 1.82) is 0 Å². The predicted molar refractivity (Wildman–Crippen MR) is 126 cm³/mol. The normalized spacial score (nSPS) is 22.0. The number of primary amides is 1. The van der Waals surface area contributed by atoms with Gasteiger partial charge in [-0.2, -0.15) is 4.31 Å². The summed E-state index contributed by atoms with van der Waals surface area (Å²) in [6.07, 6.45) is 0.316. The van der Waals surface area contributed by atoms with Gasteiger partial charge >= 0.3 is 0 Å². The number of carbonyl (C=O) groups excluding carboxylic acids is 2. The number of hydrogen-bond donors (Lipinski definition) is 2. The van der Waals surface area contributed by atoms with Gasteiger partial charge in [0, 0.05) is 36.6 Å². The van der Waals surface area contributed by atoms with Crippen molar-refractivity contribution in [3.05, 3.63) is 45.8 Å². The zero-order chi connectivity index (χ0) is 23.9. The van der Waals surface area contributed by atoms with Crippen molar-refractivity contribution in [1.82, 2.24) is 9.21 Å². The van der Waals surface area contributed by atoms with Crippen LogP contribution in [0, 0.1) is 0 Å². The standard InChI is InChI=1S/C22H28N4O5S2/c1-13-10-26(11-14(2)31-13)33(29,30)16-6-4-15(5-7-16)21(28)24-22-19(20(23)27)17-8-9-25(3)12-18(17)32-22/h4-7,13-14H,8-12H2,1-3H3,(H2,23,27)(H,24,28). The van der Waals surface area contributed by atoms with Crippen molar-refractivity contribution in [2.45, 2.75) is 43.9 Å². The van der Waals surface area contributed by atoms with E-state index in [9.17, 15) is 18.0 Å². The molecule has 1 aromatic heterocycles. The zero-order valence-electron chi connectivity index (χ0n) is 18.8. The molecule has 0 aliphatic carbocycles. The lowest BCUT2D eigenvalue weighted by molar-refractivity contribution is -0.0440. The molecule has 9 nitrogen and oxygen atoms in total. The van der Waals surface area contributed by atoms with Gasteiger partial charge in [0.1, 0.15) is 5.00 Å². The number of anilines is 1. The Bertz CT molecular complexity index is 1170. The van der Waals surface area contributed by atoms with Gasteiger partial charge in [-0.1, -0.05) is 0 Å². The number of morpholine rings is 1. The lowest BCUT2D eigenvalue weighted by atomic mass is 10.0. The monoisotopic (exact) mass is 492 g/mol. The highest BCUT2D eigenvalue weighted by molar-refractivity contribution is 7.89. The van der Waals surface area contributed by atoms with Gasteiger partial charge in [0.05, 0.1) is 22.7 Å². The Hall–Kier alpha value is -2.31. The summed E-state index contributed by atoms with van der Waals surface area (Å²) in [6.45, 7) is 5.75. The molecule has 0 radical (unpaired) electrons. The van der Waals surface area contributed by atoms with Gasteiger partial charge in [0.15, 0.2) is 0 Å². The number of fused-ring (bicyclic) bond motifs is 1. The van der Waals surface area contributed by atoms with Crippen LogP contribution in [0.2, 0.25) is 0 Å². The minimum absolute atomic E-state index is 0.118. The van der Waals surface area contributed by atoms with Crippen molar-refractivity contribution in [3.8, 4) is 0 Å². The number of sulfonamides is 1. The second-order valence-electron chi connectivity index (χ2n) is 8.62. The van der Waals surface area contributed by atoms with Gasteiger partial charge < -0.3 is 20.7 Å². The zero-order valence-corrected chi connectivity index (χ0v) is 20.5. The van der Waals surface area contributed by atoms with E-state index in [1.165, 1.54) is 39.9 Å². The van der Waals surface area contributed by atoms with E-state index in [0.29, 0.717) is 23.5 Å². The van der Waals surface area contributed by atoms with Crippen molar-refractivity contribution in [3.63, 3.8) is 0 Å². The van der Waals surface area contributed by atoms with E-state index in [2.05, 4.69) is 10.2 Å². The van der Waals surface area contributed by atoms with E-state index in [1.54, 1.807) is 0 Å². The van der Waals surface area contributed by atoms with Gasteiger partial charge in [-0.05, 0) is 57.1 Å². The van der Waals surface area contributed by atoms with Crippen LogP contribution in [0.4, 0.5) is 5.00 Å². The quantitative estimate of drug-likeness (QED) is 0.657. The molecular weight excluding hydrogens is 464 g/mol. The van der Waals surface area contributed by atoms with Crippen LogP contribution < -0.4 is 11.1 Å². The maximum Gasteiger partial charge on any atom is 0.256 e. The summed E-state index contributed by atoms with van der Waals surface area (Å²) < 4.78 is 33.1. The summed E-state index contributed by atoms with van der Waals surface area (Å²) >= 11 is 1.35. The summed E-state index contributed by atoms with van der Waals surface area (Å²) in [5, 5.41) is 3.23. The Morgan fingerprint density at radius 2 is 1.79 bits per heavy atom. The molecule has 1 aromatic carbocycles. The third kappa shape index (κ3) is 4.82. The van der Waals surface area contributed by atoms with Gasteiger partial charge in [-0.3, -0.25) is 9.59 Å². The summed E-state index contributed by atoms with van der Waals surface area (Å²) in [5.41, 5.74) is 7.17. The van der Waals surface area contributed by atoms with Crippen LogP contribution in [0.5, 0.6) is 0 Å². The molecule has 3 N–H and O–H groups in total. The Morgan fingerprint density at radius 1 is 1.15 bits per heavy atom. The smallest absolute Gasteiger partial charge is 0.256 e. The third-order valence-corrected chi connectivity index (χ3v) is 8.84. The van der Waals surface area contributed by atoms with Crippen LogP contribution in [0.25, 0.3) is 0 Å². The highest BCUT2D eigenvalue weighted by atomic mass is 32.2. The first-order valence-electron chi connectivity index (χ1n) is 10.8. The Kier molecular flexibility index (Phi) is 6.61. The summed E-state index contributed by atoms with van der Waals surface area (Å²) in [4.78, 5) is 28.2. The first-order chi connectivity index (χ1) is 15.6. The molecule has 2 unspecified atom stereocenters. The highest BCUT2D eigenvalue weighted by Crippen LogP contribution is 2.37. The molecule has 33 heavy (non-hydrogen) atoms. The molecule has 3 heterocycles. The molecule has 11 heteroatoms. The number of thiophene rings is 1. The fourth-order valence-corrected chi connectivity index (χ4v) is 7.23. The van der Waals surface area contributed by atoms with Crippen molar-refractivity contribution < 1.29 is 22.7 Å². The summed E-state index contributed by atoms with van der Waals surface area (Å²) in [6, 6.07) is 5.80. The van der Waals surface area contributed by atoms with E-state index in [1.807, 2.05) is 20.9 Å². The summed E-state index contributed by atoms with van der Waals surface area (Å²) in [7, 11) is -1.70. The number of nitrogens with one attached hydrogen (secondary N) is 1. The van der Waals surface area contributed by atoms with Gasteiger partial charge in [0.2, 0.25) is 10.0 Å². The second kappa shape index (κ2) is 9.15. The van der Waals surface area contributed by atoms with Crippen LogP contribution in [-0.2, 0) is 27.7 Å². The topological polar surface area (TPSA) is 122 Å². The first kappa shape index (κ1) is 23.8. The van der Waals surface area contributed by atoms with Gasteiger partial charge in [-0.25, -0.2) is 8.42 Å². The fourth-order valence-electron chi connectivity index (χ4n) is 4.31. The minimum atomic E-state index is -3.70. The molecule has 0 bridgehead atoms. The van der Waals surface area contributed by atoms with E-state index in [0.717, 1.165) is 17.0 Å². The fraction of sp³-hybridized carbons (Fsp3) is 0.455. The molecule has 178 valence electrons. The maximum atomic E-state index is 13.0. The Balaban J connectivity index is 1.53. The predicted octanol–water partition coefficient (Wildman–Crippen LogP) is 1.89. The van der Waals surface area contributed by atoms with E-state index >= 15 is 0 Å². The number of likely N-dealkylation sites (N-methyl/N-ethyl adjacent to an activating group) is 1. The number of nitrogens with two attached hydrogens (primary N) is 1. The third-order valence-electron chi connectivity index (χ3n) is 5.86. The van der Waals surface area contributed by atoms with E-state index < -0.39 is 21.8 Å². The largest absolute Gasteiger partial charge is 0.373 e. The first-order valence-corrected chi connectivity index (χ1v) is 13.0. The summed E-state index contributed by atoms with van der Waals surface area (Å²) in [5.74, 6) is -0.996. The average molecular weight is 493 g/mol. The molecule has 2 amide bonds. The number of rotatable bonds is 5. The molecule has 2 atom stereocenters. The van der Waals surface area contributed by atoms with Crippen molar-refractivity contribution in [2.24, 2.45) is 5.73 Å². The Labute approximate surface area is 197 Å². The second-order valence-corrected chi connectivity index (χ2v) is 11.7. The SMILES string of the molecule is CC1CN(S(=O)(=O)c2ccc(C(=O)Nc3sc4c(c3C(N)=O)CCN(C)C4)cc2)CC(C)O1. The molecule has 2 aliphatic rings. The van der Waals surface area contributed by atoms with Crippen LogP contribution in [-0.4, -0.2) is 68.3 Å². The molecule has 1 saturated heterocycles. The Morgan fingerprint density at radius 3 is 2.39 bits per heavy atom. The molecule has 2 aliphatic heterocycles. The lowest BCUT2D eigenvalue weighted by Crippen LogP contribution is -2.48. The maximum absolute atomic E-state index is 13.0. The van der Waals surface area contributed by atoms with Gasteiger partial charge in [0.25, 0.3) is 11.8 Å². The van der Waals surface area contributed by atoms with Gasteiger partial charge in [-0.15, -0.1) is 11.3 Å². The van der Waals surface area contributed by atoms with Crippen LogP contribution in [0.1, 0.15) is 45.0 Å². The number of benzene rings is 1. The molecule has 0 saturated carbocycles. The van der Waals surface area contributed by atoms with Crippen LogP contribution in [0.15, 0.2) is 29.2 Å². The average Bonchev–Trinajstić information content (AvgIpc) is 3.10. The lowest BCUT2D eigenvalue weighted by Gasteiger charge is -2.34. The molecule has 1 fully saturated rings. The van der Waals surface area contributed by atoms with E-state index in [-0.39, 0.29) is 35.8 Å². The van der Waals surface area contributed by atoms with E-state index in [4.69, 9.17) is 10.5 Å². The number of amides is 2. The number of carbonyl (C=O) groups is 2. The number of ether oxygens (including phenoxy) is 1. The van der Waals surface area contributed by atoms with Crippen LogP contribution in [0.3, 0.4) is 0 Å². The minimum Gasteiger partial charge on any atom is -0.373 e. The van der Waals surface area contributed by atoms with Crippen molar-refractivity contribution in [2.75, 3.05) is 32.0 Å². The van der Waals surface area contributed by atoms with Crippen LogP contribution >= 0.6 is 11.3 Å². The molecule has 0 spiro atoms. The number of nitrogens with zero attached hydrogens (tertiary/aromatic N) is 2.